The number of hydrogen-bond donors (Lipinski definition) is 3. The van der Waals surface area contributed by atoms with Gasteiger partial charge in [-0.2, -0.15) is 5.10 Å². The minimum absolute atomic E-state index is 0.134. The summed E-state index contributed by atoms with van der Waals surface area (Å²) in [4.78, 5) is 12.0. The molecule has 21 heavy (non-hydrogen) atoms. The van der Waals surface area contributed by atoms with Gasteiger partial charge in [0, 0.05) is 12.7 Å². The molecule has 110 valence electrons. The van der Waals surface area contributed by atoms with Crippen LogP contribution in [-0.2, 0) is 11.3 Å². The number of anilines is 1. The Kier molecular flexibility index (Phi) is 3.98. The van der Waals surface area contributed by atoms with Crippen LogP contribution in [0.15, 0.2) is 42.7 Å². The largest absolute Gasteiger partial charge is 0.392 e. The highest BCUT2D eigenvalue weighted by molar-refractivity contribution is 5.94. The van der Waals surface area contributed by atoms with Crippen LogP contribution in [0.3, 0.4) is 0 Å². The molecule has 1 aliphatic rings. The number of aliphatic hydroxyl groups excluding tert-OH is 1. The molecule has 1 fully saturated rings. The van der Waals surface area contributed by atoms with E-state index in [9.17, 15) is 9.90 Å². The molecule has 6 heteroatoms. The first-order chi connectivity index (χ1) is 10.2. The number of carbonyl (C=O) groups is 1. The fourth-order valence-electron chi connectivity index (χ4n) is 2.43. The van der Waals surface area contributed by atoms with Crippen molar-refractivity contribution in [2.45, 2.75) is 25.1 Å². The topological polar surface area (TPSA) is 79.2 Å². The minimum Gasteiger partial charge on any atom is -0.392 e. The first-order valence-corrected chi connectivity index (χ1v) is 6.99. The molecular formula is C15H18N4O2. The van der Waals surface area contributed by atoms with Crippen LogP contribution in [-0.4, -0.2) is 39.5 Å². The first kappa shape index (κ1) is 13.8. The summed E-state index contributed by atoms with van der Waals surface area (Å²) in [5.74, 6) is -0.134. The molecule has 1 saturated heterocycles. The van der Waals surface area contributed by atoms with E-state index >= 15 is 0 Å². The third-order valence-corrected chi connectivity index (χ3v) is 3.51. The van der Waals surface area contributed by atoms with E-state index in [1.165, 1.54) is 0 Å². The molecule has 0 radical (unpaired) electrons. The van der Waals surface area contributed by atoms with E-state index in [1.807, 2.05) is 30.3 Å². The highest BCUT2D eigenvalue weighted by Crippen LogP contribution is 2.11. The maximum absolute atomic E-state index is 12.0. The molecule has 2 aromatic rings. The smallest absolute Gasteiger partial charge is 0.241 e. The van der Waals surface area contributed by atoms with Gasteiger partial charge in [0.05, 0.1) is 30.6 Å². The summed E-state index contributed by atoms with van der Waals surface area (Å²) in [6, 6.07) is 9.67. The van der Waals surface area contributed by atoms with Gasteiger partial charge in [-0.15, -0.1) is 0 Å². The summed E-state index contributed by atoms with van der Waals surface area (Å²) < 4.78 is 1.78. The first-order valence-electron chi connectivity index (χ1n) is 6.99. The average molecular weight is 286 g/mol. The van der Waals surface area contributed by atoms with E-state index in [1.54, 1.807) is 17.1 Å². The van der Waals surface area contributed by atoms with Crippen LogP contribution in [0.25, 0.3) is 0 Å². The molecular weight excluding hydrogens is 268 g/mol. The molecule has 0 spiro atoms. The molecule has 0 bridgehead atoms. The van der Waals surface area contributed by atoms with E-state index in [0.29, 0.717) is 25.2 Å². The molecule has 3 N–H and O–H groups in total. The van der Waals surface area contributed by atoms with Crippen molar-refractivity contribution >= 4 is 11.6 Å². The Morgan fingerprint density at radius 2 is 2.24 bits per heavy atom. The van der Waals surface area contributed by atoms with Gasteiger partial charge in [-0.3, -0.25) is 9.48 Å². The number of amides is 1. The summed E-state index contributed by atoms with van der Waals surface area (Å²) in [5, 5.41) is 19.5. The zero-order valence-electron chi connectivity index (χ0n) is 11.6. The highest BCUT2D eigenvalue weighted by Gasteiger charge is 2.28. The van der Waals surface area contributed by atoms with Crippen molar-refractivity contribution in [3.8, 4) is 0 Å². The second-order valence-corrected chi connectivity index (χ2v) is 5.25. The molecule has 1 amide bonds. The van der Waals surface area contributed by atoms with Crippen molar-refractivity contribution in [2.75, 3.05) is 11.9 Å². The molecule has 1 aromatic carbocycles. The zero-order valence-corrected chi connectivity index (χ0v) is 11.6. The quantitative estimate of drug-likeness (QED) is 0.769. The van der Waals surface area contributed by atoms with Crippen LogP contribution < -0.4 is 10.6 Å². The number of β-amino-alcohol motifs (C(OH)–C–C–N with tert-alkyl or cyclic N) is 1. The third-order valence-electron chi connectivity index (χ3n) is 3.51. The van der Waals surface area contributed by atoms with Gasteiger partial charge >= 0.3 is 0 Å². The van der Waals surface area contributed by atoms with Gasteiger partial charge in [-0.1, -0.05) is 30.3 Å². The molecule has 3 rings (SSSR count). The van der Waals surface area contributed by atoms with Gasteiger partial charge in [-0.25, -0.2) is 0 Å². The van der Waals surface area contributed by atoms with Crippen molar-refractivity contribution in [3.05, 3.63) is 48.3 Å². The highest BCUT2D eigenvalue weighted by atomic mass is 16.3. The van der Waals surface area contributed by atoms with Crippen LogP contribution in [0.1, 0.15) is 12.0 Å². The Balaban J connectivity index is 1.59. The number of benzene rings is 1. The lowest BCUT2D eigenvalue weighted by Gasteiger charge is -2.09. The van der Waals surface area contributed by atoms with Crippen molar-refractivity contribution in [1.29, 1.82) is 0 Å². The Hall–Kier alpha value is -2.18. The number of aromatic nitrogens is 2. The van der Waals surface area contributed by atoms with Gasteiger partial charge in [0.2, 0.25) is 5.91 Å². The molecule has 2 heterocycles. The number of rotatable bonds is 4. The standard InChI is InChI=1S/C15H18N4O2/c20-13-6-14(16-8-13)15(21)18-12-7-17-19(10-12)9-11-4-2-1-3-5-11/h1-5,7,10,13-14,16,20H,6,8-9H2,(H,18,21)/t13-,14+/m0/s1. The third kappa shape index (κ3) is 3.48. The normalized spacial score (nSPS) is 21.4. The Morgan fingerprint density at radius 1 is 1.43 bits per heavy atom. The van der Waals surface area contributed by atoms with Gasteiger partial charge in [0.15, 0.2) is 0 Å². The zero-order chi connectivity index (χ0) is 14.7. The van der Waals surface area contributed by atoms with E-state index < -0.39 is 6.10 Å². The second-order valence-electron chi connectivity index (χ2n) is 5.25. The molecule has 0 unspecified atom stereocenters. The lowest BCUT2D eigenvalue weighted by molar-refractivity contribution is -0.117. The maximum Gasteiger partial charge on any atom is 0.241 e. The number of nitrogens with one attached hydrogen (secondary N) is 2. The van der Waals surface area contributed by atoms with E-state index in [4.69, 9.17) is 0 Å². The molecule has 1 aromatic heterocycles. The molecule has 2 atom stereocenters. The van der Waals surface area contributed by atoms with Crippen molar-refractivity contribution in [3.63, 3.8) is 0 Å². The van der Waals surface area contributed by atoms with Gasteiger partial charge in [-0.05, 0) is 12.0 Å². The summed E-state index contributed by atoms with van der Waals surface area (Å²) in [5.41, 5.74) is 1.82. The molecule has 0 saturated carbocycles. The van der Waals surface area contributed by atoms with E-state index in [0.717, 1.165) is 5.56 Å². The predicted molar refractivity (Wildman–Crippen MR) is 78.8 cm³/mol. The SMILES string of the molecule is O=C(Nc1cnn(Cc2ccccc2)c1)[C@H]1C[C@H](O)CN1. The second kappa shape index (κ2) is 6.07. The predicted octanol–water partition coefficient (Wildman–Crippen LogP) is 0.593. The van der Waals surface area contributed by atoms with Crippen LogP contribution in [0, 0.1) is 0 Å². The average Bonchev–Trinajstić information content (AvgIpc) is 3.09. The maximum atomic E-state index is 12.0. The summed E-state index contributed by atoms with van der Waals surface area (Å²) in [6.07, 6.45) is 3.44. The van der Waals surface area contributed by atoms with Crippen LogP contribution in [0.5, 0.6) is 0 Å². The molecule has 0 aliphatic carbocycles. The lowest BCUT2D eigenvalue weighted by atomic mass is 10.2. The summed E-state index contributed by atoms with van der Waals surface area (Å²) in [7, 11) is 0. The Morgan fingerprint density at radius 3 is 2.95 bits per heavy atom. The molecule has 1 aliphatic heterocycles. The van der Waals surface area contributed by atoms with Crippen LogP contribution >= 0.6 is 0 Å². The Bertz CT molecular complexity index is 611. The van der Waals surface area contributed by atoms with Gasteiger partial charge in [0.1, 0.15) is 0 Å². The van der Waals surface area contributed by atoms with E-state index in [-0.39, 0.29) is 11.9 Å². The minimum atomic E-state index is -0.443. The Labute approximate surface area is 122 Å². The summed E-state index contributed by atoms with van der Waals surface area (Å²) in [6.45, 7) is 1.13. The fraction of sp³-hybridized carbons (Fsp3) is 0.333. The monoisotopic (exact) mass is 286 g/mol. The van der Waals surface area contributed by atoms with Gasteiger partial charge in [0.25, 0.3) is 0 Å². The van der Waals surface area contributed by atoms with Gasteiger partial charge < -0.3 is 15.7 Å². The number of nitrogens with zero attached hydrogens (tertiary/aromatic N) is 2. The summed E-state index contributed by atoms with van der Waals surface area (Å²) >= 11 is 0. The van der Waals surface area contributed by atoms with E-state index in [2.05, 4.69) is 15.7 Å². The van der Waals surface area contributed by atoms with Crippen LogP contribution in [0.2, 0.25) is 0 Å². The van der Waals surface area contributed by atoms with Crippen molar-refractivity contribution in [2.24, 2.45) is 0 Å². The number of hydrogen-bond acceptors (Lipinski definition) is 4. The fourth-order valence-corrected chi connectivity index (χ4v) is 2.43. The molecule has 6 nitrogen and oxygen atoms in total. The van der Waals surface area contributed by atoms with Crippen molar-refractivity contribution in [1.82, 2.24) is 15.1 Å². The lowest BCUT2D eigenvalue weighted by Crippen LogP contribution is -2.35. The van der Waals surface area contributed by atoms with Crippen molar-refractivity contribution < 1.29 is 9.90 Å². The number of aliphatic hydroxyl groups is 1. The number of carbonyl (C=O) groups excluding carboxylic acids is 1. The van der Waals surface area contributed by atoms with Crippen LogP contribution in [0.4, 0.5) is 5.69 Å².